The maximum atomic E-state index is 14.0. The van der Waals surface area contributed by atoms with E-state index in [9.17, 15) is 4.39 Å². The highest BCUT2D eigenvalue weighted by molar-refractivity contribution is 5.50. The van der Waals surface area contributed by atoms with Crippen LogP contribution in [0.5, 0.6) is 0 Å². The van der Waals surface area contributed by atoms with Gasteiger partial charge < -0.3 is 4.57 Å². The summed E-state index contributed by atoms with van der Waals surface area (Å²) in [6, 6.07) is 2.96. The minimum atomic E-state index is -0.382. The Bertz CT molecular complexity index is 812. The highest BCUT2D eigenvalue weighted by Gasteiger charge is 2.15. The Morgan fingerprint density at radius 2 is 2.00 bits per heavy atom. The third-order valence-corrected chi connectivity index (χ3v) is 3.76. The lowest BCUT2D eigenvalue weighted by Gasteiger charge is -2.12. The smallest absolute Gasteiger partial charge is 0.162 e. The molecule has 0 aliphatic heterocycles. The van der Waals surface area contributed by atoms with Gasteiger partial charge in [0.2, 0.25) is 0 Å². The Hall–Kier alpha value is -2.63. The van der Waals surface area contributed by atoms with Crippen molar-refractivity contribution in [2.45, 2.75) is 33.2 Å². The van der Waals surface area contributed by atoms with E-state index in [4.69, 9.17) is 0 Å². The fraction of sp³-hybridized carbons (Fsp3) is 0.294. The summed E-state index contributed by atoms with van der Waals surface area (Å²) in [5.41, 5.74) is 3.33. The molecule has 3 aromatic heterocycles. The van der Waals surface area contributed by atoms with E-state index in [1.165, 1.54) is 6.07 Å². The summed E-state index contributed by atoms with van der Waals surface area (Å²) in [5.74, 6) is 0.120. The largest absolute Gasteiger partial charge is 0.324 e. The molecule has 23 heavy (non-hydrogen) atoms. The second-order valence-corrected chi connectivity index (χ2v) is 5.35. The molecule has 5 nitrogen and oxygen atoms in total. The highest BCUT2D eigenvalue weighted by atomic mass is 19.1. The van der Waals surface area contributed by atoms with Gasteiger partial charge in [-0.15, -0.1) is 0 Å². The summed E-state index contributed by atoms with van der Waals surface area (Å²) in [6.07, 6.45) is 8.54. The molecular weight excluding hydrogens is 293 g/mol. The van der Waals surface area contributed by atoms with Gasteiger partial charge in [-0.1, -0.05) is 13.3 Å². The second-order valence-electron chi connectivity index (χ2n) is 5.35. The Labute approximate surface area is 134 Å². The van der Waals surface area contributed by atoms with Gasteiger partial charge in [0.15, 0.2) is 11.6 Å². The molecule has 0 aromatic carbocycles. The lowest BCUT2D eigenvalue weighted by atomic mass is 10.1. The summed E-state index contributed by atoms with van der Waals surface area (Å²) >= 11 is 0. The third-order valence-electron chi connectivity index (χ3n) is 3.76. The van der Waals surface area contributed by atoms with Crippen LogP contribution in [0, 0.1) is 12.7 Å². The summed E-state index contributed by atoms with van der Waals surface area (Å²) < 4.78 is 15.9. The van der Waals surface area contributed by atoms with Crippen LogP contribution in [-0.2, 0) is 13.0 Å². The molecule has 3 rings (SSSR count). The maximum absolute atomic E-state index is 14.0. The number of hydrogen-bond acceptors (Lipinski definition) is 4. The highest BCUT2D eigenvalue weighted by Crippen LogP contribution is 2.20. The van der Waals surface area contributed by atoms with Crippen LogP contribution in [0.15, 0.2) is 37.1 Å². The van der Waals surface area contributed by atoms with Gasteiger partial charge in [0.25, 0.3) is 0 Å². The number of aromatic nitrogens is 5. The van der Waals surface area contributed by atoms with Gasteiger partial charge in [0.05, 0.1) is 12.2 Å². The first-order valence-electron chi connectivity index (χ1n) is 7.62. The number of pyridine rings is 1. The zero-order valence-corrected chi connectivity index (χ0v) is 13.2. The van der Waals surface area contributed by atoms with Crippen LogP contribution in [0.1, 0.15) is 30.3 Å². The Morgan fingerprint density at radius 3 is 2.78 bits per heavy atom. The van der Waals surface area contributed by atoms with Crippen molar-refractivity contribution in [1.29, 1.82) is 0 Å². The zero-order chi connectivity index (χ0) is 16.2. The van der Waals surface area contributed by atoms with Crippen LogP contribution in [0.2, 0.25) is 0 Å². The first-order valence-corrected chi connectivity index (χ1v) is 7.62. The molecule has 3 heterocycles. The summed E-state index contributed by atoms with van der Waals surface area (Å²) in [6.45, 7) is 4.63. The minimum Gasteiger partial charge on any atom is -0.324 e. The molecule has 0 radical (unpaired) electrons. The third kappa shape index (κ3) is 3.11. The Morgan fingerprint density at radius 1 is 1.13 bits per heavy atom. The van der Waals surface area contributed by atoms with Gasteiger partial charge in [-0.2, -0.15) is 0 Å². The normalized spacial score (nSPS) is 10.9. The van der Waals surface area contributed by atoms with Crippen LogP contribution in [0.4, 0.5) is 4.39 Å². The second kappa shape index (κ2) is 6.64. The van der Waals surface area contributed by atoms with Crippen molar-refractivity contribution in [3.8, 4) is 11.5 Å². The monoisotopic (exact) mass is 311 g/mol. The van der Waals surface area contributed by atoms with E-state index in [1.54, 1.807) is 24.8 Å². The van der Waals surface area contributed by atoms with Gasteiger partial charge >= 0.3 is 0 Å². The van der Waals surface area contributed by atoms with E-state index in [0.717, 1.165) is 29.8 Å². The fourth-order valence-electron chi connectivity index (χ4n) is 2.63. The maximum Gasteiger partial charge on any atom is 0.162 e. The van der Waals surface area contributed by atoms with Gasteiger partial charge in [0.1, 0.15) is 12.0 Å². The standard InChI is InChI=1S/C17H18FN5/c1-3-5-13-12(2)21-11-22-15(13)10-23-9-8-20-17(23)16-14(18)6-4-7-19-16/h4,6-9,11H,3,5,10H2,1-2H3. The molecule has 0 saturated heterocycles. The number of halogens is 1. The minimum absolute atomic E-state index is 0.250. The predicted octanol–water partition coefficient (Wildman–Crippen LogP) is 3.18. The molecule has 0 fully saturated rings. The van der Waals surface area contributed by atoms with Gasteiger partial charge in [-0.05, 0) is 31.0 Å². The van der Waals surface area contributed by atoms with Gasteiger partial charge in [-0.25, -0.2) is 24.3 Å². The van der Waals surface area contributed by atoms with Crippen LogP contribution in [0.25, 0.3) is 11.5 Å². The van der Waals surface area contributed by atoms with Crippen LogP contribution >= 0.6 is 0 Å². The SMILES string of the molecule is CCCc1c(C)ncnc1Cn1ccnc1-c1ncccc1F. The van der Waals surface area contributed by atoms with Crippen molar-refractivity contribution in [1.82, 2.24) is 24.5 Å². The average Bonchev–Trinajstić information content (AvgIpc) is 2.99. The molecule has 0 bridgehead atoms. The number of rotatable bonds is 5. The van der Waals surface area contributed by atoms with E-state index in [-0.39, 0.29) is 11.5 Å². The predicted molar refractivity (Wildman–Crippen MR) is 85.3 cm³/mol. The van der Waals surface area contributed by atoms with Crippen molar-refractivity contribution in [2.24, 2.45) is 0 Å². The molecule has 0 atom stereocenters. The Balaban J connectivity index is 1.99. The number of aryl methyl sites for hydroxylation is 1. The van der Waals surface area contributed by atoms with Crippen molar-refractivity contribution >= 4 is 0 Å². The van der Waals surface area contributed by atoms with Crippen molar-refractivity contribution < 1.29 is 4.39 Å². The van der Waals surface area contributed by atoms with Gasteiger partial charge in [-0.3, -0.25) is 0 Å². The molecule has 0 unspecified atom stereocenters. The van der Waals surface area contributed by atoms with E-state index in [0.29, 0.717) is 12.4 Å². The molecule has 0 amide bonds. The molecule has 0 saturated carbocycles. The topological polar surface area (TPSA) is 56.5 Å². The summed E-state index contributed by atoms with van der Waals surface area (Å²) in [5, 5.41) is 0. The van der Waals surface area contributed by atoms with E-state index >= 15 is 0 Å². The van der Waals surface area contributed by atoms with E-state index in [2.05, 4.69) is 26.9 Å². The quantitative estimate of drug-likeness (QED) is 0.726. The molecule has 0 N–H and O–H groups in total. The fourth-order valence-corrected chi connectivity index (χ4v) is 2.63. The van der Waals surface area contributed by atoms with Gasteiger partial charge in [0, 0.05) is 24.3 Å². The van der Waals surface area contributed by atoms with Crippen molar-refractivity contribution in [3.05, 3.63) is 59.8 Å². The Kier molecular flexibility index (Phi) is 4.41. The number of nitrogens with zero attached hydrogens (tertiary/aromatic N) is 5. The van der Waals surface area contributed by atoms with Crippen molar-refractivity contribution in [3.63, 3.8) is 0 Å². The molecule has 0 spiro atoms. The van der Waals surface area contributed by atoms with Crippen LogP contribution in [-0.4, -0.2) is 24.5 Å². The number of imidazole rings is 1. The molecular formula is C17H18FN5. The molecule has 6 heteroatoms. The zero-order valence-electron chi connectivity index (χ0n) is 13.2. The lowest BCUT2D eigenvalue weighted by Crippen LogP contribution is -2.09. The average molecular weight is 311 g/mol. The first-order chi connectivity index (χ1) is 11.2. The van der Waals surface area contributed by atoms with Crippen LogP contribution < -0.4 is 0 Å². The molecule has 0 aliphatic carbocycles. The van der Waals surface area contributed by atoms with E-state index in [1.807, 2.05) is 17.7 Å². The van der Waals surface area contributed by atoms with Crippen molar-refractivity contribution in [2.75, 3.05) is 0 Å². The first kappa shape index (κ1) is 15.3. The molecule has 3 aromatic rings. The molecule has 118 valence electrons. The summed E-state index contributed by atoms with van der Waals surface area (Å²) in [7, 11) is 0. The number of hydrogen-bond donors (Lipinski definition) is 0. The lowest BCUT2D eigenvalue weighted by molar-refractivity contribution is 0.621. The van der Waals surface area contributed by atoms with E-state index < -0.39 is 0 Å². The van der Waals surface area contributed by atoms with Crippen LogP contribution in [0.3, 0.4) is 0 Å². The molecule has 0 aliphatic rings. The summed E-state index contributed by atoms with van der Waals surface area (Å²) in [4.78, 5) is 17.1.